The van der Waals surface area contributed by atoms with Crippen LogP contribution in [0.25, 0.3) is 22.4 Å². The predicted octanol–water partition coefficient (Wildman–Crippen LogP) is 5.75. The third-order valence-corrected chi connectivity index (χ3v) is 5.04. The molecule has 0 aliphatic rings. The number of aromatic amines is 1. The molecule has 0 unspecified atom stereocenters. The van der Waals surface area contributed by atoms with Crippen LogP contribution in [0.1, 0.15) is 17.3 Å². The van der Waals surface area contributed by atoms with Gasteiger partial charge in [0.15, 0.2) is 0 Å². The van der Waals surface area contributed by atoms with Crippen molar-refractivity contribution < 1.29 is 9.59 Å². The van der Waals surface area contributed by atoms with Gasteiger partial charge in [-0.3, -0.25) is 9.59 Å². The van der Waals surface area contributed by atoms with Crippen molar-refractivity contribution in [1.82, 2.24) is 9.97 Å². The molecule has 6 nitrogen and oxygen atoms in total. The zero-order valence-electron chi connectivity index (χ0n) is 15.8. The summed E-state index contributed by atoms with van der Waals surface area (Å²) in [6, 6.07) is 17.6. The van der Waals surface area contributed by atoms with Gasteiger partial charge in [-0.15, -0.1) is 0 Å². The average molecular weight is 439 g/mol. The van der Waals surface area contributed by atoms with Crippen molar-refractivity contribution in [3.63, 3.8) is 0 Å². The van der Waals surface area contributed by atoms with Crippen molar-refractivity contribution in [3.8, 4) is 11.4 Å². The predicted molar refractivity (Wildman–Crippen MR) is 120 cm³/mol. The molecular weight excluding hydrogens is 423 g/mol. The van der Waals surface area contributed by atoms with Gasteiger partial charge >= 0.3 is 0 Å². The molecule has 0 saturated heterocycles. The molecule has 3 N–H and O–H groups in total. The third kappa shape index (κ3) is 4.15. The maximum absolute atomic E-state index is 12.5. The Bertz CT molecular complexity index is 1250. The SMILES string of the molecule is CC(=O)Nc1ccc2nc(-c3ccc(NC(=O)c4c(Cl)cccc4Cl)cc3)[nH]c2c1. The first-order chi connectivity index (χ1) is 14.4. The topological polar surface area (TPSA) is 86.9 Å². The molecule has 4 rings (SSSR count). The minimum atomic E-state index is -0.382. The lowest BCUT2D eigenvalue weighted by Crippen LogP contribution is -2.13. The number of nitrogens with one attached hydrogen (secondary N) is 3. The molecular formula is C22H16Cl2N4O2. The van der Waals surface area contributed by atoms with Gasteiger partial charge < -0.3 is 15.6 Å². The molecule has 1 aromatic heterocycles. The van der Waals surface area contributed by atoms with Crippen molar-refractivity contribution in [2.45, 2.75) is 6.92 Å². The lowest BCUT2D eigenvalue weighted by molar-refractivity contribution is -0.114. The van der Waals surface area contributed by atoms with Crippen molar-refractivity contribution in [1.29, 1.82) is 0 Å². The number of halogens is 2. The van der Waals surface area contributed by atoms with Crippen molar-refractivity contribution in [2.24, 2.45) is 0 Å². The number of rotatable bonds is 4. The van der Waals surface area contributed by atoms with Crippen LogP contribution in [-0.2, 0) is 4.79 Å². The standard InChI is InChI=1S/C22H16Cl2N4O2/c1-12(29)25-15-9-10-18-19(11-15)28-21(27-18)13-5-7-14(8-6-13)26-22(30)20-16(23)3-2-4-17(20)24/h2-11H,1H3,(H,25,29)(H,26,30)(H,27,28). The molecule has 0 aliphatic heterocycles. The van der Waals surface area contributed by atoms with Crippen LogP contribution >= 0.6 is 23.2 Å². The number of fused-ring (bicyclic) bond motifs is 1. The van der Waals surface area contributed by atoms with E-state index in [1.54, 1.807) is 36.4 Å². The fraction of sp³-hybridized carbons (Fsp3) is 0.0455. The normalized spacial score (nSPS) is 10.8. The molecule has 150 valence electrons. The van der Waals surface area contributed by atoms with E-state index in [9.17, 15) is 9.59 Å². The summed E-state index contributed by atoms with van der Waals surface area (Å²) in [7, 11) is 0. The highest BCUT2D eigenvalue weighted by molar-refractivity contribution is 6.40. The van der Waals surface area contributed by atoms with E-state index in [0.29, 0.717) is 17.2 Å². The first-order valence-electron chi connectivity index (χ1n) is 9.04. The van der Waals surface area contributed by atoms with Gasteiger partial charge in [0.05, 0.1) is 26.6 Å². The molecule has 0 saturated carbocycles. The second kappa shape index (κ2) is 8.18. The van der Waals surface area contributed by atoms with Crippen molar-refractivity contribution >= 4 is 57.4 Å². The van der Waals surface area contributed by atoms with Crippen molar-refractivity contribution in [2.75, 3.05) is 10.6 Å². The molecule has 1 heterocycles. The average Bonchev–Trinajstić information content (AvgIpc) is 3.11. The smallest absolute Gasteiger partial charge is 0.258 e. The highest BCUT2D eigenvalue weighted by atomic mass is 35.5. The molecule has 0 radical (unpaired) electrons. The van der Waals surface area contributed by atoms with Crippen LogP contribution in [0.2, 0.25) is 10.0 Å². The van der Waals surface area contributed by atoms with E-state index in [0.717, 1.165) is 16.6 Å². The maximum atomic E-state index is 12.5. The molecule has 8 heteroatoms. The van der Waals surface area contributed by atoms with Crippen LogP contribution in [0.15, 0.2) is 60.7 Å². The van der Waals surface area contributed by atoms with Crippen molar-refractivity contribution in [3.05, 3.63) is 76.3 Å². The molecule has 0 atom stereocenters. The van der Waals surface area contributed by atoms with E-state index in [-0.39, 0.29) is 27.4 Å². The number of amides is 2. The number of nitrogens with zero attached hydrogens (tertiary/aromatic N) is 1. The Morgan fingerprint density at radius 1 is 0.900 bits per heavy atom. The summed E-state index contributed by atoms with van der Waals surface area (Å²) in [4.78, 5) is 31.6. The van der Waals surface area contributed by atoms with E-state index in [1.807, 2.05) is 24.3 Å². The molecule has 0 fully saturated rings. The number of carbonyl (C=O) groups is 2. The summed E-state index contributed by atoms with van der Waals surface area (Å²) >= 11 is 12.2. The van der Waals surface area contributed by atoms with E-state index in [1.165, 1.54) is 6.92 Å². The fourth-order valence-corrected chi connectivity index (χ4v) is 3.62. The van der Waals surface area contributed by atoms with Crippen LogP contribution in [0.4, 0.5) is 11.4 Å². The van der Waals surface area contributed by atoms with Crippen LogP contribution in [0, 0.1) is 0 Å². The molecule has 0 spiro atoms. The van der Waals surface area contributed by atoms with E-state index >= 15 is 0 Å². The highest BCUT2D eigenvalue weighted by Gasteiger charge is 2.15. The van der Waals surface area contributed by atoms with Gasteiger partial charge in [0.1, 0.15) is 5.82 Å². The molecule has 0 bridgehead atoms. The minimum Gasteiger partial charge on any atom is -0.338 e. The van der Waals surface area contributed by atoms with Gasteiger partial charge in [-0.1, -0.05) is 29.3 Å². The third-order valence-electron chi connectivity index (χ3n) is 4.41. The number of hydrogen-bond acceptors (Lipinski definition) is 3. The second-order valence-electron chi connectivity index (χ2n) is 6.63. The van der Waals surface area contributed by atoms with Gasteiger partial charge in [0.25, 0.3) is 5.91 Å². The number of benzene rings is 3. The summed E-state index contributed by atoms with van der Waals surface area (Å²) in [6.45, 7) is 1.46. The summed E-state index contributed by atoms with van der Waals surface area (Å²) in [5, 5.41) is 6.12. The Morgan fingerprint density at radius 3 is 2.23 bits per heavy atom. The van der Waals surface area contributed by atoms with Crippen LogP contribution in [-0.4, -0.2) is 21.8 Å². The zero-order chi connectivity index (χ0) is 21.3. The quantitative estimate of drug-likeness (QED) is 0.379. The monoisotopic (exact) mass is 438 g/mol. The lowest BCUT2D eigenvalue weighted by atomic mass is 10.1. The number of carbonyl (C=O) groups excluding carboxylic acids is 2. The number of imidazole rings is 1. The van der Waals surface area contributed by atoms with E-state index < -0.39 is 0 Å². The Labute approximate surface area is 182 Å². The number of hydrogen-bond donors (Lipinski definition) is 3. The molecule has 2 amide bonds. The first-order valence-corrected chi connectivity index (χ1v) is 9.79. The van der Waals surface area contributed by atoms with Crippen LogP contribution in [0.3, 0.4) is 0 Å². The molecule has 4 aromatic rings. The highest BCUT2D eigenvalue weighted by Crippen LogP contribution is 2.27. The Hall–Kier alpha value is -3.35. The summed E-state index contributed by atoms with van der Waals surface area (Å²) < 4.78 is 0. The van der Waals surface area contributed by atoms with Gasteiger partial charge in [-0.05, 0) is 54.6 Å². The van der Waals surface area contributed by atoms with Gasteiger partial charge in [0, 0.05) is 23.9 Å². The lowest BCUT2D eigenvalue weighted by Gasteiger charge is -2.08. The molecule has 3 aromatic carbocycles. The molecule has 30 heavy (non-hydrogen) atoms. The van der Waals surface area contributed by atoms with E-state index in [4.69, 9.17) is 23.2 Å². The summed E-state index contributed by atoms with van der Waals surface area (Å²) in [5.74, 6) is 0.161. The minimum absolute atomic E-state index is 0.134. The van der Waals surface area contributed by atoms with Gasteiger partial charge in [0.2, 0.25) is 5.91 Å². The Balaban J connectivity index is 1.54. The van der Waals surface area contributed by atoms with Gasteiger partial charge in [-0.25, -0.2) is 4.98 Å². The second-order valence-corrected chi connectivity index (χ2v) is 7.44. The fourth-order valence-electron chi connectivity index (χ4n) is 3.05. The Kier molecular flexibility index (Phi) is 5.44. The van der Waals surface area contributed by atoms with Gasteiger partial charge in [-0.2, -0.15) is 0 Å². The number of aromatic nitrogens is 2. The molecule has 0 aliphatic carbocycles. The maximum Gasteiger partial charge on any atom is 0.258 e. The number of H-pyrrole nitrogens is 1. The summed E-state index contributed by atoms with van der Waals surface area (Å²) in [6.07, 6.45) is 0. The zero-order valence-corrected chi connectivity index (χ0v) is 17.3. The summed E-state index contributed by atoms with van der Waals surface area (Å²) in [5.41, 5.74) is 3.97. The number of anilines is 2. The Morgan fingerprint density at radius 2 is 1.57 bits per heavy atom. The first kappa shape index (κ1) is 19.9. The largest absolute Gasteiger partial charge is 0.338 e. The van der Waals surface area contributed by atoms with Crippen LogP contribution < -0.4 is 10.6 Å². The van der Waals surface area contributed by atoms with E-state index in [2.05, 4.69) is 20.6 Å². The van der Waals surface area contributed by atoms with Crippen LogP contribution in [0.5, 0.6) is 0 Å².